The van der Waals surface area contributed by atoms with Gasteiger partial charge in [-0.3, -0.25) is 4.79 Å². The molecule has 4 rings (SSSR count). The van der Waals surface area contributed by atoms with E-state index in [0.29, 0.717) is 6.54 Å². The highest BCUT2D eigenvalue weighted by Crippen LogP contribution is 2.29. The largest absolute Gasteiger partial charge is 0.350 e. The average Bonchev–Trinajstić information content (AvgIpc) is 3.39. The number of carbonyl (C=O) groups excluding carboxylic acids is 1. The molecule has 2 atom stereocenters. The van der Waals surface area contributed by atoms with E-state index < -0.39 is 6.04 Å². The van der Waals surface area contributed by atoms with Crippen molar-refractivity contribution in [1.82, 2.24) is 25.6 Å². The third-order valence-electron chi connectivity index (χ3n) is 5.38. The van der Waals surface area contributed by atoms with Crippen molar-refractivity contribution in [3.05, 3.63) is 83.7 Å². The van der Waals surface area contributed by atoms with E-state index in [1.807, 2.05) is 66.9 Å². The normalized spacial score (nSPS) is 20.0. The number of nitrogens with zero attached hydrogens (tertiary/aromatic N) is 3. The van der Waals surface area contributed by atoms with Gasteiger partial charge in [0.2, 0.25) is 5.91 Å². The van der Waals surface area contributed by atoms with Crippen molar-refractivity contribution in [1.29, 1.82) is 0 Å². The fourth-order valence-electron chi connectivity index (χ4n) is 3.71. The molecule has 0 spiro atoms. The van der Waals surface area contributed by atoms with Crippen LogP contribution < -0.4 is 10.6 Å². The van der Waals surface area contributed by atoms with Gasteiger partial charge in [0, 0.05) is 6.54 Å². The molecule has 1 aliphatic heterocycles. The molecule has 0 bridgehead atoms. The average molecular weight is 375 g/mol. The second kappa shape index (κ2) is 7.94. The Labute approximate surface area is 165 Å². The van der Waals surface area contributed by atoms with Crippen LogP contribution in [0.4, 0.5) is 0 Å². The maximum Gasteiger partial charge on any atom is 0.249 e. The Kier molecular flexibility index (Phi) is 5.21. The molecule has 0 aliphatic carbocycles. The van der Waals surface area contributed by atoms with Crippen molar-refractivity contribution in [3.63, 3.8) is 0 Å². The Morgan fingerprint density at radius 2 is 1.89 bits per heavy atom. The lowest BCUT2D eigenvalue weighted by atomic mass is 9.97. The van der Waals surface area contributed by atoms with E-state index in [1.165, 1.54) is 0 Å². The molecule has 1 amide bonds. The summed E-state index contributed by atoms with van der Waals surface area (Å²) in [5, 5.41) is 15.3. The van der Waals surface area contributed by atoms with E-state index in [9.17, 15) is 4.79 Å². The Hall–Kier alpha value is -2.99. The van der Waals surface area contributed by atoms with E-state index in [-0.39, 0.29) is 11.4 Å². The first kappa shape index (κ1) is 18.4. The van der Waals surface area contributed by atoms with Crippen molar-refractivity contribution in [2.75, 3.05) is 6.54 Å². The standard InChI is InChI=1S/C22H25N5O/c1-22(13-8-14-24-22)19-16-27(26-25-19)20(18-11-6-3-7-12-18)21(28)23-15-17-9-4-2-5-10-17/h2-7,9-12,16,20,24H,8,13-15H2,1H3,(H,23,28)/t20?,22-/m0/s1. The fraction of sp³-hybridized carbons (Fsp3) is 0.318. The van der Waals surface area contributed by atoms with Gasteiger partial charge in [0.05, 0.1) is 11.7 Å². The third kappa shape index (κ3) is 3.82. The lowest BCUT2D eigenvalue weighted by molar-refractivity contribution is -0.123. The van der Waals surface area contributed by atoms with E-state index in [2.05, 4.69) is 27.9 Å². The maximum atomic E-state index is 13.1. The van der Waals surface area contributed by atoms with Gasteiger partial charge in [0.15, 0.2) is 6.04 Å². The quantitative estimate of drug-likeness (QED) is 0.695. The van der Waals surface area contributed by atoms with Crippen LogP contribution in [0.2, 0.25) is 0 Å². The van der Waals surface area contributed by atoms with Crippen LogP contribution in [0.5, 0.6) is 0 Å². The molecule has 144 valence electrons. The molecule has 28 heavy (non-hydrogen) atoms. The predicted molar refractivity (Wildman–Crippen MR) is 107 cm³/mol. The summed E-state index contributed by atoms with van der Waals surface area (Å²) < 4.78 is 1.68. The monoisotopic (exact) mass is 375 g/mol. The molecule has 1 fully saturated rings. The van der Waals surface area contributed by atoms with E-state index in [4.69, 9.17) is 0 Å². The fourth-order valence-corrected chi connectivity index (χ4v) is 3.71. The summed E-state index contributed by atoms with van der Waals surface area (Å²) in [5.74, 6) is -0.101. The highest BCUT2D eigenvalue weighted by atomic mass is 16.2. The van der Waals surface area contributed by atoms with Gasteiger partial charge in [-0.05, 0) is 37.4 Å². The lowest BCUT2D eigenvalue weighted by Crippen LogP contribution is -2.34. The molecule has 0 radical (unpaired) electrons. The molecule has 1 aromatic heterocycles. The van der Waals surface area contributed by atoms with Crippen LogP contribution in [-0.4, -0.2) is 27.4 Å². The Balaban J connectivity index is 1.59. The minimum atomic E-state index is -0.559. The van der Waals surface area contributed by atoms with Crippen molar-refractivity contribution in [3.8, 4) is 0 Å². The molecule has 6 nitrogen and oxygen atoms in total. The van der Waals surface area contributed by atoms with Crippen LogP contribution in [0.15, 0.2) is 66.9 Å². The minimum absolute atomic E-state index is 0.101. The first-order valence-corrected chi connectivity index (χ1v) is 9.70. The van der Waals surface area contributed by atoms with Crippen LogP contribution in [0.25, 0.3) is 0 Å². The van der Waals surface area contributed by atoms with Crippen LogP contribution in [0.1, 0.15) is 42.6 Å². The summed E-state index contributed by atoms with van der Waals surface area (Å²) in [7, 11) is 0. The number of carbonyl (C=O) groups is 1. The molecular weight excluding hydrogens is 350 g/mol. The molecule has 0 saturated carbocycles. The molecule has 1 aliphatic rings. The third-order valence-corrected chi connectivity index (χ3v) is 5.38. The van der Waals surface area contributed by atoms with Crippen LogP contribution in [0, 0.1) is 0 Å². The zero-order valence-electron chi connectivity index (χ0n) is 16.0. The SMILES string of the molecule is C[C@@]1(c2cn(C(C(=O)NCc3ccccc3)c3ccccc3)nn2)CCCN1. The smallest absolute Gasteiger partial charge is 0.249 e. The molecule has 2 heterocycles. The Bertz CT molecular complexity index is 916. The summed E-state index contributed by atoms with van der Waals surface area (Å²) in [6.45, 7) is 3.59. The second-order valence-corrected chi connectivity index (χ2v) is 7.46. The number of amides is 1. The number of hydrogen-bond donors (Lipinski definition) is 2. The minimum Gasteiger partial charge on any atom is -0.350 e. The van der Waals surface area contributed by atoms with Crippen molar-refractivity contribution in [2.45, 2.75) is 37.9 Å². The lowest BCUT2D eigenvalue weighted by Gasteiger charge is -2.21. The summed E-state index contributed by atoms with van der Waals surface area (Å²) in [6, 6.07) is 19.0. The Morgan fingerprint density at radius 3 is 2.57 bits per heavy atom. The molecule has 1 unspecified atom stereocenters. The van der Waals surface area contributed by atoms with Gasteiger partial charge < -0.3 is 10.6 Å². The summed E-state index contributed by atoms with van der Waals surface area (Å²) in [6.07, 6.45) is 4.03. The molecule has 1 saturated heterocycles. The zero-order chi connectivity index (χ0) is 19.4. The number of nitrogens with one attached hydrogen (secondary N) is 2. The number of benzene rings is 2. The second-order valence-electron chi connectivity index (χ2n) is 7.46. The zero-order valence-corrected chi connectivity index (χ0v) is 16.0. The number of rotatable bonds is 6. The molecule has 2 N–H and O–H groups in total. The van der Waals surface area contributed by atoms with Gasteiger partial charge in [-0.1, -0.05) is 65.9 Å². The summed E-state index contributed by atoms with van der Waals surface area (Å²) in [5.41, 5.74) is 2.64. The van der Waals surface area contributed by atoms with Gasteiger partial charge >= 0.3 is 0 Å². The first-order chi connectivity index (χ1) is 13.7. The van der Waals surface area contributed by atoms with E-state index in [0.717, 1.165) is 36.2 Å². The summed E-state index contributed by atoms with van der Waals surface area (Å²) in [4.78, 5) is 13.1. The number of hydrogen-bond acceptors (Lipinski definition) is 4. The maximum absolute atomic E-state index is 13.1. The van der Waals surface area contributed by atoms with Gasteiger partial charge in [0.25, 0.3) is 0 Å². The molecule has 6 heteroatoms. The van der Waals surface area contributed by atoms with Crippen LogP contribution >= 0.6 is 0 Å². The van der Waals surface area contributed by atoms with Gasteiger partial charge in [-0.25, -0.2) is 4.68 Å². The molecular formula is C22H25N5O. The van der Waals surface area contributed by atoms with Gasteiger partial charge in [-0.15, -0.1) is 5.10 Å². The van der Waals surface area contributed by atoms with Crippen molar-refractivity contribution < 1.29 is 4.79 Å². The van der Waals surface area contributed by atoms with Crippen LogP contribution in [-0.2, 0) is 16.9 Å². The van der Waals surface area contributed by atoms with E-state index >= 15 is 0 Å². The Morgan fingerprint density at radius 1 is 1.18 bits per heavy atom. The van der Waals surface area contributed by atoms with Gasteiger partial charge in [0.1, 0.15) is 5.69 Å². The van der Waals surface area contributed by atoms with E-state index in [1.54, 1.807) is 4.68 Å². The predicted octanol–water partition coefficient (Wildman–Crippen LogP) is 2.78. The summed E-state index contributed by atoms with van der Waals surface area (Å²) >= 11 is 0. The highest BCUT2D eigenvalue weighted by Gasteiger charge is 2.34. The first-order valence-electron chi connectivity index (χ1n) is 9.70. The van der Waals surface area contributed by atoms with Crippen molar-refractivity contribution >= 4 is 5.91 Å². The van der Waals surface area contributed by atoms with Crippen molar-refractivity contribution in [2.24, 2.45) is 0 Å². The van der Waals surface area contributed by atoms with Crippen LogP contribution in [0.3, 0.4) is 0 Å². The molecule has 2 aromatic carbocycles. The molecule has 3 aromatic rings. The number of aromatic nitrogens is 3. The van der Waals surface area contributed by atoms with Gasteiger partial charge in [-0.2, -0.15) is 0 Å². The topological polar surface area (TPSA) is 71.8 Å². The highest BCUT2D eigenvalue weighted by molar-refractivity contribution is 5.83.